The van der Waals surface area contributed by atoms with Crippen LogP contribution < -0.4 is 10.2 Å². The second-order valence-corrected chi connectivity index (χ2v) is 5.83. The molecule has 3 rings (SSSR count). The Morgan fingerprint density at radius 2 is 2.21 bits per heavy atom. The van der Waals surface area contributed by atoms with Crippen LogP contribution in [0.5, 0.6) is 0 Å². The van der Waals surface area contributed by atoms with Gasteiger partial charge in [-0.05, 0) is 39.0 Å². The molecule has 104 valence electrons. The summed E-state index contributed by atoms with van der Waals surface area (Å²) in [6.07, 6.45) is 8.40. The first-order valence-corrected chi connectivity index (χ1v) is 7.60. The zero-order valence-corrected chi connectivity index (χ0v) is 12.0. The van der Waals surface area contributed by atoms with E-state index in [0.717, 1.165) is 30.8 Å². The summed E-state index contributed by atoms with van der Waals surface area (Å²) in [7, 11) is 0. The van der Waals surface area contributed by atoms with E-state index in [9.17, 15) is 0 Å². The van der Waals surface area contributed by atoms with Crippen molar-refractivity contribution in [3.8, 4) is 0 Å². The van der Waals surface area contributed by atoms with Gasteiger partial charge >= 0.3 is 0 Å². The number of anilines is 1. The van der Waals surface area contributed by atoms with Crippen molar-refractivity contribution < 1.29 is 0 Å². The van der Waals surface area contributed by atoms with Gasteiger partial charge in [0.1, 0.15) is 0 Å². The molecule has 0 radical (unpaired) electrons. The van der Waals surface area contributed by atoms with Crippen LogP contribution in [0.2, 0.25) is 0 Å². The highest BCUT2D eigenvalue weighted by Crippen LogP contribution is 2.25. The van der Waals surface area contributed by atoms with Crippen molar-refractivity contribution >= 4 is 5.95 Å². The molecule has 1 atom stereocenters. The molecule has 19 heavy (non-hydrogen) atoms. The third-order valence-corrected chi connectivity index (χ3v) is 4.33. The number of hydrogen-bond donors (Lipinski definition) is 1. The fraction of sp³-hybridized carbons (Fsp3) is 0.733. The van der Waals surface area contributed by atoms with Crippen molar-refractivity contribution in [3.63, 3.8) is 0 Å². The third kappa shape index (κ3) is 2.89. The SMILES string of the molecule is CCC1CCCN1c1ncc(CNC2CC2)c(C)n1. The first-order chi connectivity index (χ1) is 9.28. The maximum atomic E-state index is 4.73. The molecule has 2 heterocycles. The minimum absolute atomic E-state index is 0.634. The van der Waals surface area contributed by atoms with Crippen LogP contribution in [0.15, 0.2) is 6.20 Å². The summed E-state index contributed by atoms with van der Waals surface area (Å²) in [5.41, 5.74) is 2.36. The number of aryl methyl sites for hydroxylation is 1. The monoisotopic (exact) mass is 260 g/mol. The quantitative estimate of drug-likeness (QED) is 0.882. The smallest absolute Gasteiger partial charge is 0.225 e. The van der Waals surface area contributed by atoms with Gasteiger partial charge in [-0.3, -0.25) is 0 Å². The zero-order chi connectivity index (χ0) is 13.2. The van der Waals surface area contributed by atoms with E-state index in [1.54, 1.807) is 0 Å². The minimum atomic E-state index is 0.634. The van der Waals surface area contributed by atoms with Gasteiger partial charge in [-0.2, -0.15) is 0 Å². The van der Waals surface area contributed by atoms with Crippen molar-refractivity contribution in [3.05, 3.63) is 17.5 Å². The Morgan fingerprint density at radius 3 is 2.89 bits per heavy atom. The standard InChI is InChI=1S/C15H24N4/c1-3-14-5-4-8-19(14)15-17-10-12(11(2)18-15)9-16-13-6-7-13/h10,13-14,16H,3-9H2,1-2H3. The van der Waals surface area contributed by atoms with Gasteiger partial charge in [0.25, 0.3) is 0 Å². The molecule has 4 nitrogen and oxygen atoms in total. The van der Waals surface area contributed by atoms with Gasteiger partial charge in [0.05, 0.1) is 0 Å². The fourth-order valence-corrected chi connectivity index (χ4v) is 2.86. The van der Waals surface area contributed by atoms with E-state index in [1.807, 2.05) is 6.20 Å². The highest BCUT2D eigenvalue weighted by molar-refractivity contribution is 5.35. The van der Waals surface area contributed by atoms with Crippen LogP contribution in [0, 0.1) is 6.92 Å². The number of hydrogen-bond acceptors (Lipinski definition) is 4. The molecule has 0 bridgehead atoms. The normalized spacial score (nSPS) is 23.1. The molecule has 1 aliphatic carbocycles. The van der Waals surface area contributed by atoms with Crippen molar-refractivity contribution in [2.45, 2.75) is 64.6 Å². The summed E-state index contributed by atoms with van der Waals surface area (Å²) in [5.74, 6) is 0.928. The summed E-state index contributed by atoms with van der Waals surface area (Å²) in [6.45, 7) is 6.38. The average molecular weight is 260 g/mol. The maximum absolute atomic E-state index is 4.73. The number of nitrogens with one attached hydrogen (secondary N) is 1. The molecular formula is C15H24N4. The van der Waals surface area contributed by atoms with Crippen LogP contribution in [0.3, 0.4) is 0 Å². The molecule has 1 unspecified atom stereocenters. The van der Waals surface area contributed by atoms with E-state index in [0.29, 0.717) is 6.04 Å². The number of rotatable bonds is 5. The first-order valence-electron chi connectivity index (χ1n) is 7.60. The lowest BCUT2D eigenvalue weighted by Gasteiger charge is -2.24. The van der Waals surface area contributed by atoms with E-state index in [1.165, 1.54) is 37.7 Å². The Labute approximate surface area is 115 Å². The lowest BCUT2D eigenvalue weighted by molar-refractivity contribution is 0.630. The summed E-state index contributed by atoms with van der Waals surface area (Å²) in [4.78, 5) is 11.7. The van der Waals surface area contributed by atoms with Gasteiger partial charge in [0, 0.05) is 42.6 Å². The molecule has 2 aliphatic rings. The van der Waals surface area contributed by atoms with Crippen LogP contribution in [0.4, 0.5) is 5.95 Å². The van der Waals surface area contributed by atoms with Gasteiger partial charge < -0.3 is 10.2 Å². The highest BCUT2D eigenvalue weighted by Gasteiger charge is 2.25. The molecule has 2 fully saturated rings. The second kappa shape index (κ2) is 5.45. The van der Waals surface area contributed by atoms with Gasteiger partial charge in [-0.1, -0.05) is 6.92 Å². The summed E-state index contributed by atoms with van der Waals surface area (Å²) in [5, 5.41) is 3.53. The summed E-state index contributed by atoms with van der Waals surface area (Å²) in [6, 6.07) is 1.37. The molecule has 0 aromatic carbocycles. The number of aromatic nitrogens is 2. The Kier molecular flexibility index (Phi) is 3.69. The molecule has 1 saturated heterocycles. The third-order valence-electron chi connectivity index (χ3n) is 4.33. The largest absolute Gasteiger partial charge is 0.338 e. The predicted molar refractivity (Wildman–Crippen MR) is 77.3 cm³/mol. The fourth-order valence-electron chi connectivity index (χ4n) is 2.86. The van der Waals surface area contributed by atoms with Crippen molar-refractivity contribution in [2.24, 2.45) is 0 Å². The molecule has 1 N–H and O–H groups in total. The van der Waals surface area contributed by atoms with Crippen LogP contribution >= 0.6 is 0 Å². The van der Waals surface area contributed by atoms with Crippen LogP contribution in [-0.4, -0.2) is 28.6 Å². The van der Waals surface area contributed by atoms with Crippen molar-refractivity contribution in [2.75, 3.05) is 11.4 Å². The molecular weight excluding hydrogens is 236 g/mol. The van der Waals surface area contributed by atoms with E-state index in [2.05, 4.69) is 29.0 Å². The van der Waals surface area contributed by atoms with Crippen molar-refractivity contribution in [1.29, 1.82) is 0 Å². The molecule has 1 saturated carbocycles. The van der Waals surface area contributed by atoms with Gasteiger partial charge in [-0.25, -0.2) is 9.97 Å². The Hall–Kier alpha value is -1.16. The number of nitrogens with zero attached hydrogens (tertiary/aromatic N) is 3. The molecule has 0 amide bonds. The second-order valence-electron chi connectivity index (χ2n) is 5.83. The summed E-state index contributed by atoms with van der Waals surface area (Å²) < 4.78 is 0. The van der Waals surface area contributed by atoms with Crippen LogP contribution in [-0.2, 0) is 6.54 Å². The maximum Gasteiger partial charge on any atom is 0.225 e. The Balaban J connectivity index is 1.70. The Morgan fingerprint density at radius 1 is 1.37 bits per heavy atom. The van der Waals surface area contributed by atoms with Gasteiger partial charge in [0.15, 0.2) is 0 Å². The van der Waals surface area contributed by atoms with Gasteiger partial charge in [-0.15, -0.1) is 0 Å². The molecule has 4 heteroatoms. The summed E-state index contributed by atoms with van der Waals surface area (Å²) >= 11 is 0. The minimum Gasteiger partial charge on any atom is -0.338 e. The lowest BCUT2D eigenvalue weighted by atomic mass is 10.2. The van der Waals surface area contributed by atoms with Gasteiger partial charge in [0.2, 0.25) is 5.95 Å². The molecule has 1 aromatic heterocycles. The lowest BCUT2D eigenvalue weighted by Crippen LogP contribution is -2.30. The van der Waals surface area contributed by atoms with E-state index >= 15 is 0 Å². The average Bonchev–Trinajstić information content (AvgIpc) is 3.12. The zero-order valence-electron chi connectivity index (χ0n) is 12.0. The molecule has 0 spiro atoms. The van der Waals surface area contributed by atoms with E-state index in [-0.39, 0.29) is 0 Å². The predicted octanol–water partition coefficient (Wildman–Crippen LogP) is 2.42. The first kappa shape index (κ1) is 12.9. The van der Waals surface area contributed by atoms with Crippen LogP contribution in [0.25, 0.3) is 0 Å². The van der Waals surface area contributed by atoms with Crippen molar-refractivity contribution in [1.82, 2.24) is 15.3 Å². The Bertz CT molecular complexity index is 442. The topological polar surface area (TPSA) is 41.1 Å². The van der Waals surface area contributed by atoms with E-state index < -0.39 is 0 Å². The van der Waals surface area contributed by atoms with Crippen LogP contribution in [0.1, 0.15) is 50.3 Å². The van der Waals surface area contributed by atoms with E-state index in [4.69, 9.17) is 4.98 Å². The molecule has 1 aliphatic heterocycles. The molecule has 1 aromatic rings. The highest BCUT2D eigenvalue weighted by atomic mass is 15.3.